The number of carbonyl (C=O) groups is 2. The third-order valence-electron chi connectivity index (χ3n) is 5.60. The van der Waals surface area contributed by atoms with Gasteiger partial charge in [0, 0.05) is 56.3 Å². The number of thioether (sulfide) groups is 1. The molecule has 4 rings (SSSR count). The summed E-state index contributed by atoms with van der Waals surface area (Å²) in [7, 11) is 0. The summed E-state index contributed by atoms with van der Waals surface area (Å²) in [5.41, 5.74) is 2.66. The molecule has 0 aliphatic carbocycles. The molecule has 2 amide bonds. The zero-order chi connectivity index (χ0) is 20.9. The standard InChI is InChI=1S/C23H28N4O2S/c1-17-22(28)25-20-15-19(7-8-21(20)30-17)23(29)24-9-10-26-11-13-27(14-12-26)16-18-5-3-2-4-6-18/h2-8,15,17H,9-14,16H2,1H3,(H,24,29)(H,25,28). The second-order valence-corrected chi connectivity index (χ2v) is 9.20. The molecule has 2 aromatic carbocycles. The fourth-order valence-electron chi connectivity index (χ4n) is 3.79. The van der Waals surface area contributed by atoms with Crippen molar-refractivity contribution < 1.29 is 9.59 Å². The SMILES string of the molecule is CC1Sc2ccc(C(=O)NCCN3CCN(Cc4ccccc4)CC3)cc2NC1=O. The van der Waals surface area contributed by atoms with E-state index in [4.69, 9.17) is 0 Å². The Bertz CT molecular complexity index is 897. The molecule has 158 valence electrons. The number of anilines is 1. The molecule has 2 heterocycles. The maximum atomic E-state index is 12.5. The summed E-state index contributed by atoms with van der Waals surface area (Å²) < 4.78 is 0. The number of rotatable bonds is 6. The van der Waals surface area contributed by atoms with Gasteiger partial charge in [0.15, 0.2) is 0 Å². The Kier molecular flexibility index (Phi) is 6.72. The quantitative estimate of drug-likeness (QED) is 0.747. The van der Waals surface area contributed by atoms with Crippen molar-refractivity contribution in [1.29, 1.82) is 0 Å². The fraction of sp³-hybridized carbons (Fsp3) is 0.391. The Morgan fingerprint density at radius 3 is 2.60 bits per heavy atom. The number of nitrogens with one attached hydrogen (secondary N) is 2. The van der Waals surface area contributed by atoms with Gasteiger partial charge in [-0.2, -0.15) is 0 Å². The first kappa shape index (κ1) is 20.9. The van der Waals surface area contributed by atoms with Crippen LogP contribution in [0.4, 0.5) is 5.69 Å². The van der Waals surface area contributed by atoms with Crippen LogP contribution in [0.25, 0.3) is 0 Å². The Labute approximate surface area is 182 Å². The molecule has 2 aliphatic heterocycles. The van der Waals surface area contributed by atoms with E-state index in [1.54, 1.807) is 6.07 Å². The summed E-state index contributed by atoms with van der Waals surface area (Å²) in [5.74, 6) is -0.116. The molecule has 2 aliphatic rings. The number of nitrogens with zero attached hydrogens (tertiary/aromatic N) is 2. The average Bonchev–Trinajstić information content (AvgIpc) is 2.76. The van der Waals surface area contributed by atoms with E-state index in [1.165, 1.54) is 17.3 Å². The third-order valence-corrected chi connectivity index (χ3v) is 6.78. The number of hydrogen-bond acceptors (Lipinski definition) is 5. The molecule has 0 radical (unpaired) electrons. The molecule has 0 aromatic heterocycles. The Morgan fingerprint density at radius 1 is 1.10 bits per heavy atom. The molecular weight excluding hydrogens is 396 g/mol. The van der Waals surface area contributed by atoms with Crippen LogP contribution in [0.3, 0.4) is 0 Å². The van der Waals surface area contributed by atoms with E-state index in [-0.39, 0.29) is 17.1 Å². The minimum absolute atomic E-state index is 0.0172. The molecule has 2 aromatic rings. The van der Waals surface area contributed by atoms with E-state index in [9.17, 15) is 9.59 Å². The van der Waals surface area contributed by atoms with Crippen LogP contribution in [-0.2, 0) is 11.3 Å². The number of hydrogen-bond donors (Lipinski definition) is 2. The van der Waals surface area contributed by atoms with Crippen LogP contribution >= 0.6 is 11.8 Å². The van der Waals surface area contributed by atoms with Crippen molar-refractivity contribution in [1.82, 2.24) is 15.1 Å². The molecule has 2 N–H and O–H groups in total. The second kappa shape index (κ2) is 9.64. The number of carbonyl (C=O) groups excluding carboxylic acids is 2. The predicted octanol–water partition coefficient (Wildman–Crippen LogP) is 2.67. The maximum absolute atomic E-state index is 12.5. The van der Waals surface area contributed by atoms with Gasteiger partial charge in [-0.25, -0.2) is 0 Å². The molecule has 1 unspecified atom stereocenters. The molecule has 7 heteroatoms. The van der Waals surface area contributed by atoms with Crippen molar-refractivity contribution in [2.75, 3.05) is 44.6 Å². The van der Waals surface area contributed by atoms with Crippen LogP contribution in [0.2, 0.25) is 0 Å². The monoisotopic (exact) mass is 424 g/mol. The zero-order valence-electron chi connectivity index (χ0n) is 17.3. The lowest BCUT2D eigenvalue weighted by atomic mass is 10.1. The fourth-order valence-corrected chi connectivity index (χ4v) is 4.72. The normalized spacial score (nSPS) is 19.8. The molecule has 1 fully saturated rings. The smallest absolute Gasteiger partial charge is 0.251 e. The van der Waals surface area contributed by atoms with Crippen molar-refractivity contribution >= 4 is 29.3 Å². The zero-order valence-corrected chi connectivity index (χ0v) is 18.1. The maximum Gasteiger partial charge on any atom is 0.251 e. The van der Waals surface area contributed by atoms with Crippen molar-refractivity contribution in [3.63, 3.8) is 0 Å². The summed E-state index contributed by atoms with van der Waals surface area (Å²) >= 11 is 1.52. The van der Waals surface area contributed by atoms with E-state index in [2.05, 4.69) is 50.8 Å². The molecule has 1 atom stereocenters. The van der Waals surface area contributed by atoms with Gasteiger partial charge in [-0.15, -0.1) is 11.8 Å². The summed E-state index contributed by atoms with van der Waals surface area (Å²) in [4.78, 5) is 30.3. The minimum Gasteiger partial charge on any atom is -0.351 e. The lowest BCUT2D eigenvalue weighted by Gasteiger charge is -2.34. The molecule has 30 heavy (non-hydrogen) atoms. The number of benzene rings is 2. The lowest BCUT2D eigenvalue weighted by molar-refractivity contribution is -0.115. The number of fused-ring (bicyclic) bond motifs is 1. The van der Waals surface area contributed by atoms with E-state index in [0.29, 0.717) is 12.1 Å². The highest BCUT2D eigenvalue weighted by Gasteiger charge is 2.24. The van der Waals surface area contributed by atoms with Gasteiger partial charge < -0.3 is 10.6 Å². The highest BCUT2D eigenvalue weighted by molar-refractivity contribution is 8.00. The molecule has 6 nitrogen and oxygen atoms in total. The lowest BCUT2D eigenvalue weighted by Crippen LogP contribution is -2.48. The van der Waals surface area contributed by atoms with Gasteiger partial charge in [-0.3, -0.25) is 19.4 Å². The molecule has 0 saturated carbocycles. The highest BCUT2D eigenvalue weighted by Crippen LogP contribution is 2.35. The van der Waals surface area contributed by atoms with Crippen LogP contribution in [0.15, 0.2) is 53.4 Å². The van der Waals surface area contributed by atoms with Crippen LogP contribution < -0.4 is 10.6 Å². The van der Waals surface area contributed by atoms with Gasteiger partial charge in [-0.1, -0.05) is 30.3 Å². The van der Waals surface area contributed by atoms with Gasteiger partial charge >= 0.3 is 0 Å². The first-order valence-corrected chi connectivity index (χ1v) is 11.3. The van der Waals surface area contributed by atoms with Gasteiger partial charge in [-0.05, 0) is 30.7 Å². The van der Waals surface area contributed by atoms with E-state index < -0.39 is 0 Å². The average molecular weight is 425 g/mol. The van der Waals surface area contributed by atoms with Crippen LogP contribution in [0, 0.1) is 0 Å². The Balaban J connectivity index is 1.20. The summed E-state index contributed by atoms with van der Waals surface area (Å²) in [6.45, 7) is 8.47. The number of amides is 2. The van der Waals surface area contributed by atoms with Gasteiger partial charge in [0.1, 0.15) is 0 Å². The van der Waals surface area contributed by atoms with Gasteiger partial charge in [0.2, 0.25) is 5.91 Å². The molecule has 0 bridgehead atoms. The largest absolute Gasteiger partial charge is 0.351 e. The summed E-state index contributed by atoms with van der Waals surface area (Å²) in [5, 5.41) is 5.79. The van der Waals surface area contributed by atoms with Gasteiger partial charge in [0.25, 0.3) is 5.91 Å². The number of piperazine rings is 1. The molecule has 1 saturated heterocycles. The molecule has 0 spiro atoms. The topological polar surface area (TPSA) is 64.7 Å². The first-order valence-electron chi connectivity index (χ1n) is 10.5. The third kappa shape index (κ3) is 5.22. The van der Waals surface area contributed by atoms with Crippen molar-refractivity contribution in [2.45, 2.75) is 23.6 Å². The summed E-state index contributed by atoms with van der Waals surface area (Å²) in [6, 6.07) is 16.1. The van der Waals surface area contributed by atoms with Crippen LogP contribution in [0.1, 0.15) is 22.8 Å². The molecular formula is C23H28N4O2S. The van der Waals surface area contributed by atoms with E-state index in [0.717, 1.165) is 49.9 Å². The first-order chi connectivity index (χ1) is 14.6. The van der Waals surface area contributed by atoms with E-state index in [1.807, 2.05) is 19.1 Å². The van der Waals surface area contributed by atoms with Gasteiger partial charge in [0.05, 0.1) is 10.9 Å². The second-order valence-electron chi connectivity index (χ2n) is 7.82. The summed E-state index contributed by atoms with van der Waals surface area (Å²) in [6.07, 6.45) is 0. The minimum atomic E-state index is -0.106. The van der Waals surface area contributed by atoms with E-state index >= 15 is 0 Å². The van der Waals surface area contributed by atoms with Crippen molar-refractivity contribution in [3.05, 3.63) is 59.7 Å². The van der Waals surface area contributed by atoms with Crippen molar-refractivity contribution in [3.8, 4) is 0 Å². The van der Waals surface area contributed by atoms with Crippen LogP contribution in [0.5, 0.6) is 0 Å². The van der Waals surface area contributed by atoms with Crippen LogP contribution in [-0.4, -0.2) is 66.1 Å². The Hall–Kier alpha value is -2.35. The van der Waals surface area contributed by atoms with Crippen molar-refractivity contribution in [2.24, 2.45) is 0 Å². The highest BCUT2D eigenvalue weighted by atomic mass is 32.2. The predicted molar refractivity (Wildman–Crippen MR) is 121 cm³/mol. The Morgan fingerprint density at radius 2 is 1.83 bits per heavy atom.